The molecule has 1 unspecified atom stereocenters. The molecule has 4 saturated heterocycles. The first-order valence-corrected chi connectivity index (χ1v) is 28.9. The summed E-state index contributed by atoms with van der Waals surface area (Å²) < 4.78 is 129. The van der Waals surface area contributed by atoms with Gasteiger partial charge in [-0.05, 0) is 75.1 Å². The smallest absolute Gasteiger partial charge is 0.406 e. The second-order valence-corrected chi connectivity index (χ2v) is 24.8. The maximum atomic E-state index is 17.1. The van der Waals surface area contributed by atoms with E-state index in [9.17, 15) is 41.8 Å². The number of benzene rings is 1. The molecule has 9 rings (SSSR count). The number of alkyl halides is 8. The van der Waals surface area contributed by atoms with Crippen LogP contribution in [0.1, 0.15) is 89.1 Å². The number of thiazole rings is 1. The zero-order valence-corrected chi connectivity index (χ0v) is 48.0. The Morgan fingerprint density at radius 3 is 2.29 bits per heavy atom. The number of fused-ring (bicyclic) bond motifs is 6. The number of nitrogens with one attached hydrogen (secondary N) is 2. The topological polar surface area (TPSA) is 178 Å². The standard InChI is InChI=1S/C55H69ClF8N10O7S/c1-30(2)44(72-15-11-53(51(72)79)9-13-71(14-10-53)49(77)46(56)58)47(75)67-39-23-42-66-40(26-82-42)34-21-33-36(24-52(4,5)29-81-50(78)38-8-7-12-74(68-38)48(39)76)45(73(28-55(62,63)64)41(33)22-37(34)57)35-20-32(25-65-43(35)31(3)80-6)70-18-16-69(17-19-70)27-54(59,60)61/h20-22,25-26,30-31,38-39,44,46,51,68,79H,7-19,23-24,27-29H2,1-6H3,(H,67,75)/t31-,38-,39-,44-,46-,51?/m0/s1. The van der Waals surface area contributed by atoms with Crippen LogP contribution in [-0.4, -0.2) is 178 Å². The lowest BCUT2D eigenvalue weighted by molar-refractivity contribution is -0.156. The number of aliphatic hydroxyl groups is 1. The van der Waals surface area contributed by atoms with Crippen LogP contribution < -0.4 is 15.6 Å². The van der Waals surface area contributed by atoms with E-state index in [1.165, 1.54) is 34.2 Å². The lowest BCUT2D eigenvalue weighted by atomic mass is 9.76. The lowest BCUT2D eigenvalue weighted by Gasteiger charge is -2.43. The Labute approximate surface area is 478 Å². The number of likely N-dealkylation sites (tertiary alicyclic amines) is 2. The van der Waals surface area contributed by atoms with Gasteiger partial charge in [-0.3, -0.25) is 39.0 Å². The highest BCUT2D eigenvalue weighted by molar-refractivity contribution is 7.10. The molecule has 1 aromatic carbocycles. The average Bonchev–Trinajstić information content (AvgIpc) is 3.94. The second-order valence-electron chi connectivity index (χ2n) is 23.5. The van der Waals surface area contributed by atoms with Crippen molar-refractivity contribution in [1.82, 2.24) is 45.0 Å². The molecule has 27 heteroatoms. The second kappa shape index (κ2) is 24.0. The Kier molecular flexibility index (Phi) is 18.0. The molecule has 8 heterocycles. The van der Waals surface area contributed by atoms with E-state index in [-0.39, 0.29) is 116 Å². The van der Waals surface area contributed by atoms with Crippen molar-refractivity contribution in [1.29, 1.82) is 0 Å². The highest BCUT2D eigenvalue weighted by atomic mass is 35.5. The van der Waals surface area contributed by atoms with Gasteiger partial charge in [0.25, 0.3) is 17.4 Å². The first-order chi connectivity index (χ1) is 38.6. The third-order valence-corrected chi connectivity index (χ3v) is 17.8. The molecule has 17 nitrogen and oxygen atoms in total. The molecule has 6 atom stereocenters. The number of cyclic esters (lactones) is 1. The Hall–Kier alpha value is -5.25. The number of piperidine rings is 1. The summed E-state index contributed by atoms with van der Waals surface area (Å²) in [5.74, 6) is -4.12. The minimum Gasteiger partial charge on any atom is -0.464 e. The highest BCUT2D eigenvalue weighted by Crippen LogP contribution is 2.47. The summed E-state index contributed by atoms with van der Waals surface area (Å²) in [4.78, 5) is 71.7. The van der Waals surface area contributed by atoms with Crippen molar-refractivity contribution in [3.63, 3.8) is 0 Å². The van der Waals surface area contributed by atoms with Crippen LogP contribution >= 0.6 is 22.9 Å². The number of carbonyl (C=O) groups is 4. The van der Waals surface area contributed by atoms with Gasteiger partial charge in [0.2, 0.25) is 5.91 Å². The van der Waals surface area contributed by atoms with Gasteiger partial charge in [0.05, 0.1) is 64.8 Å². The maximum absolute atomic E-state index is 17.1. The number of anilines is 1. The van der Waals surface area contributed by atoms with Crippen LogP contribution in [0.4, 0.5) is 40.8 Å². The van der Waals surface area contributed by atoms with E-state index in [1.54, 1.807) is 51.0 Å². The van der Waals surface area contributed by atoms with Crippen LogP contribution in [0.3, 0.4) is 0 Å². The Balaban J connectivity index is 1.11. The molecule has 4 aromatic rings. The van der Waals surface area contributed by atoms with E-state index in [0.29, 0.717) is 43.5 Å². The van der Waals surface area contributed by atoms with E-state index in [1.807, 2.05) is 4.90 Å². The van der Waals surface area contributed by atoms with Gasteiger partial charge in [0.15, 0.2) is 0 Å². The zero-order valence-electron chi connectivity index (χ0n) is 46.4. The fraction of sp³-hybridized carbons (Fsp3) is 0.636. The Morgan fingerprint density at radius 2 is 1.65 bits per heavy atom. The summed E-state index contributed by atoms with van der Waals surface area (Å²) in [7, 11) is 1.41. The van der Waals surface area contributed by atoms with E-state index in [4.69, 9.17) is 31.0 Å². The van der Waals surface area contributed by atoms with Crippen LogP contribution in [0.15, 0.2) is 29.8 Å². The molecule has 3 amide bonds. The summed E-state index contributed by atoms with van der Waals surface area (Å²) >= 11 is 6.51. The third kappa shape index (κ3) is 13.2. The number of nitrogens with zero attached hydrogens (tertiary/aromatic N) is 8. The predicted molar refractivity (Wildman–Crippen MR) is 289 cm³/mol. The number of esters is 1. The molecular formula is C55H69ClF8N10O7S. The van der Waals surface area contributed by atoms with Crippen molar-refractivity contribution in [3.8, 4) is 22.5 Å². The highest BCUT2D eigenvalue weighted by Gasteiger charge is 2.52. The predicted octanol–water partition coefficient (Wildman–Crippen LogP) is 7.76. The number of ether oxygens (including phenoxy) is 2. The van der Waals surface area contributed by atoms with Gasteiger partial charge in [-0.2, -0.15) is 26.3 Å². The van der Waals surface area contributed by atoms with Crippen molar-refractivity contribution in [2.24, 2.45) is 16.7 Å². The number of aliphatic hydroxyl groups excluding tert-OH is 1. The minimum atomic E-state index is -4.86. The van der Waals surface area contributed by atoms with Crippen molar-refractivity contribution >= 4 is 63.2 Å². The van der Waals surface area contributed by atoms with Gasteiger partial charge in [-0.1, -0.05) is 39.3 Å². The van der Waals surface area contributed by atoms with Crippen LogP contribution in [0.5, 0.6) is 0 Å². The number of pyridine rings is 1. The summed E-state index contributed by atoms with van der Waals surface area (Å²) in [6, 6.07) is 0.744. The van der Waals surface area contributed by atoms with E-state index >= 15 is 17.6 Å². The van der Waals surface area contributed by atoms with Crippen LogP contribution in [0, 0.1) is 22.6 Å². The van der Waals surface area contributed by atoms with E-state index in [2.05, 4.69) is 10.7 Å². The molecule has 5 aliphatic rings. The number of hydrazine groups is 1. The van der Waals surface area contributed by atoms with Gasteiger partial charge in [-0.15, -0.1) is 11.3 Å². The number of carbonyl (C=O) groups excluding carboxylic acids is 4. The number of halogens is 9. The summed E-state index contributed by atoms with van der Waals surface area (Å²) in [5.41, 5.74) is 0.143. The molecule has 3 N–H and O–H groups in total. The summed E-state index contributed by atoms with van der Waals surface area (Å²) in [6.45, 7) is 6.99. The van der Waals surface area contributed by atoms with E-state index < -0.39 is 108 Å². The lowest BCUT2D eigenvalue weighted by Crippen LogP contribution is -2.62. The fourth-order valence-corrected chi connectivity index (χ4v) is 13.4. The molecule has 1 spiro atoms. The Bertz CT molecular complexity index is 3010. The van der Waals surface area contributed by atoms with Crippen molar-refractivity contribution in [2.75, 3.05) is 77.5 Å². The molecule has 450 valence electrons. The first kappa shape index (κ1) is 61.3. The third-order valence-electron chi connectivity index (χ3n) is 16.7. The minimum absolute atomic E-state index is 0.0269. The van der Waals surface area contributed by atoms with Crippen molar-refractivity contribution in [3.05, 3.63) is 51.9 Å². The average molecular weight is 1200 g/mol. The molecular weight excluding hydrogens is 1130 g/mol. The van der Waals surface area contributed by atoms with E-state index in [0.717, 1.165) is 22.0 Å². The summed E-state index contributed by atoms with van der Waals surface area (Å²) in [5, 5.41) is 18.2. The Morgan fingerprint density at radius 1 is 0.963 bits per heavy atom. The zero-order chi connectivity index (χ0) is 59.4. The molecule has 3 aromatic heterocycles. The maximum Gasteiger partial charge on any atom is 0.406 e. The van der Waals surface area contributed by atoms with Crippen molar-refractivity contribution in [2.45, 2.75) is 135 Å². The van der Waals surface area contributed by atoms with Gasteiger partial charge in [-0.25, -0.2) is 19.2 Å². The molecule has 5 aliphatic heterocycles. The fourth-order valence-electron chi connectivity index (χ4n) is 12.4. The number of aromatic nitrogens is 3. The molecule has 4 fully saturated rings. The monoisotopic (exact) mass is 1200 g/mol. The quantitative estimate of drug-likeness (QED) is 0.0755. The molecule has 0 radical (unpaired) electrons. The molecule has 0 saturated carbocycles. The SMILES string of the molecule is CO[C@@H](C)c1ncc(N2CCN(CC(F)(F)F)CC2)cc1-c1c2c3cc(c(F)cc3n1CC(F)(F)F)-c1csc(n1)C[C@H](NC(=O)[C@H](C(C)C)N1CCC3(CCN(C(=O)[C@H](F)Cl)CC3)C1O)C(=O)N1CCC[C@H](N1)C(=O)OCC(C)(C)C2. The van der Waals surface area contributed by atoms with Crippen LogP contribution in [-0.2, 0) is 48.0 Å². The summed E-state index contributed by atoms with van der Waals surface area (Å²) in [6.07, 6.45) is -8.24. The van der Waals surface area contributed by atoms with Gasteiger partial charge < -0.3 is 34.3 Å². The number of hydrogen-bond donors (Lipinski definition) is 3. The van der Waals surface area contributed by atoms with Crippen molar-refractivity contribution < 1.29 is 68.9 Å². The first-order valence-electron chi connectivity index (χ1n) is 27.5. The normalized spacial score (nSPS) is 23.5. The number of hydrogen-bond acceptors (Lipinski definition) is 14. The number of methoxy groups -OCH3 is 1. The van der Waals surface area contributed by atoms with Crippen LogP contribution in [0.25, 0.3) is 33.4 Å². The number of rotatable bonds is 11. The molecule has 6 bridgehead atoms. The van der Waals surface area contributed by atoms with Gasteiger partial charge in [0.1, 0.15) is 30.7 Å². The van der Waals surface area contributed by atoms with Gasteiger partial charge in [0, 0.05) is 98.6 Å². The molecule has 82 heavy (non-hydrogen) atoms. The molecule has 0 aliphatic carbocycles. The largest absolute Gasteiger partial charge is 0.464 e. The number of piperazine rings is 1. The van der Waals surface area contributed by atoms with Gasteiger partial charge >= 0.3 is 18.3 Å². The number of amides is 3. The van der Waals surface area contributed by atoms with Crippen LogP contribution in [0.2, 0.25) is 0 Å².